The Hall–Kier alpha value is -4.09. The Bertz CT molecular complexity index is 1600. The number of carbonyl (C=O) groups excluding carboxylic acids is 1. The average molecular weight is 637 g/mol. The van der Waals surface area contributed by atoms with E-state index < -0.39 is 29.8 Å². The number of thioether (sulfide) groups is 1. The number of carbonyl (C=O) groups is 2. The van der Waals surface area contributed by atoms with E-state index in [0.29, 0.717) is 17.7 Å². The van der Waals surface area contributed by atoms with Crippen LogP contribution in [0.25, 0.3) is 11.3 Å². The molecule has 0 aliphatic heterocycles. The second kappa shape index (κ2) is 14.8. The lowest BCUT2D eigenvalue weighted by atomic mass is 9.87. The van der Waals surface area contributed by atoms with Gasteiger partial charge in [-0.05, 0) is 72.2 Å². The van der Waals surface area contributed by atoms with Gasteiger partial charge in [-0.3, -0.25) is 4.79 Å². The van der Waals surface area contributed by atoms with Gasteiger partial charge in [0.15, 0.2) is 0 Å². The molecule has 0 fully saturated rings. The van der Waals surface area contributed by atoms with Gasteiger partial charge in [-0.2, -0.15) is 11.8 Å². The molecule has 2 aromatic carbocycles. The summed E-state index contributed by atoms with van der Waals surface area (Å²) in [5.74, 6) is -2.54. The third-order valence-corrected chi connectivity index (χ3v) is 9.07. The fraction of sp³-hybridized carbons (Fsp3) is 0.353. The highest BCUT2D eigenvalue weighted by Crippen LogP contribution is 2.33. The predicted molar refractivity (Wildman–Crippen MR) is 171 cm³/mol. The maximum atomic E-state index is 13.8. The lowest BCUT2D eigenvalue weighted by molar-refractivity contribution is -0.139. The number of ether oxygens (including phenoxy) is 1. The van der Waals surface area contributed by atoms with Gasteiger partial charge in [-0.25, -0.2) is 23.5 Å². The molecular weight excluding hydrogens is 598 g/mol. The van der Waals surface area contributed by atoms with Gasteiger partial charge < -0.3 is 19.7 Å². The van der Waals surface area contributed by atoms with E-state index in [1.54, 1.807) is 48.6 Å². The molecule has 2 N–H and O–H groups in total. The molecule has 8 nitrogen and oxygen atoms in total. The highest BCUT2D eigenvalue weighted by Gasteiger charge is 2.31. The molecule has 0 saturated carbocycles. The van der Waals surface area contributed by atoms with E-state index in [0.717, 1.165) is 11.3 Å². The number of nitrogens with zero attached hydrogens (tertiary/aromatic N) is 3. The number of aliphatic carboxylic acids is 1. The fourth-order valence-electron chi connectivity index (χ4n) is 4.97. The topological polar surface area (TPSA) is 106 Å². The highest BCUT2D eigenvalue weighted by molar-refractivity contribution is 7.99. The Morgan fingerprint density at radius 3 is 2.22 bits per heavy atom. The number of rotatable bonds is 13. The molecule has 2 aromatic heterocycles. The number of amides is 1. The van der Waals surface area contributed by atoms with Gasteiger partial charge >= 0.3 is 5.97 Å². The van der Waals surface area contributed by atoms with E-state index in [-0.39, 0.29) is 40.8 Å². The van der Waals surface area contributed by atoms with E-state index in [9.17, 15) is 23.5 Å². The number of carboxylic acid groups (broad SMARTS) is 1. The summed E-state index contributed by atoms with van der Waals surface area (Å²) in [6.07, 6.45) is 5.60. The summed E-state index contributed by atoms with van der Waals surface area (Å²) in [5.41, 5.74) is 2.90. The van der Waals surface area contributed by atoms with Crippen molar-refractivity contribution in [2.24, 2.45) is 12.5 Å². The van der Waals surface area contributed by atoms with Gasteiger partial charge in [-0.15, -0.1) is 0 Å². The molecular formula is C34H38F2N4O4S. The van der Waals surface area contributed by atoms with Crippen molar-refractivity contribution in [2.75, 3.05) is 6.26 Å². The highest BCUT2D eigenvalue weighted by atomic mass is 32.2. The van der Waals surface area contributed by atoms with Gasteiger partial charge in [0.25, 0.3) is 5.91 Å². The monoisotopic (exact) mass is 636 g/mol. The summed E-state index contributed by atoms with van der Waals surface area (Å²) in [4.78, 5) is 34.7. The number of benzene rings is 2. The molecule has 0 saturated heterocycles. The molecule has 0 aliphatic rings. The van der Waals surface area contributed by atoms with Crippen LogP contribution in [-0.2, 0) is 29.6 Å². The summed E-state index contributed by atoms with van der Waals surface area (Å²) in [7, 11) is 1.88. The van der Waals surface area contributed by atoms with Gasteiger partial charge in [0.1, 0.15) is 17.7 Å². The van der Waals surface area contributed by atoms with Crippen LogP contribution in [0.3, 0.4) is 0 Å². The summed E-state index contributed by atoms with van der Waals surface area (Å²) in [5, 5.41) is 12.6. The molecule has 0 radical (unpaired) electrons. The Kier molecular flexibility index (Phi) is 11.1. The third kappa shape index (κ3) is 8.98. The number of pyridine rings is 1. The number of hydrogen-bond acceptors (Lipinski definition) is 6. The lowest BCUT2D eigenvalue weighted by Crippen LogP contribution is -2.44. The number of imidazole rings is 1. The van der Waals surface area contributed by atoms with Gasteiger partial charge in [0.2, 0.25) is 0 Å². The first-order valence-electron chi connectivity index (χ1n) is 14.5. The van der Waals surface area contributed by atoms with Crippen LogP contribution in [-0.4, -0.2) is 49.1 Å². The first-order valence-corrected chi connectivity index (χ1v) is 15.8. The van der Waals surface area contributed by atoms with Crippen LogP contribution in [0, 0.1) is 17.0 Å². The number of carboxylic acids is 1. The standard InChI is InChI=1S/C34H38F2N4O4S/c1-34(2,3)30(45-5)17-28(33(42)43)39-32(41)27-15-14-25(38-31(27)22-8-12-24(36)13-9-22)19-44-29(16-26-18-37-20-40(26)4)21-6-10-23(35)11-7-21/h6-15,18,20,28-30H,16-17,19H2,1-5H3,(H,39,41)(H,42,43)/t28-,29?,30?/m0/s1. The second-order valence-electron chi connectivity index (χ2n) is 11.9. The molecule has 0 aliphatic carbocycles. The first kappa shape index (κ1) is 33.8. The molecule has 1 amide bonds. The van der Waals surface area contributed by atoms with Crippen molar-refractivity contribution in [3.05, 3.63) is 107 Å². The van der Waals surface area contributed by atoms with Gasteiger partial charge in [0.05, 0.1) is 36.0 Å². The van der Waals surface area contributed by atoms with Crippen molar-refractivity contribution < 1.29 is 28.2 Å². The van der Waals surface area contributed by atoms with E-state index >= 15 is 0 Å². The quantitative estimate of drug-likeness (QED) is 0.170. The minimum atomic E-state index is -1.13. The maximum Gasteiger partial charge on any atom is 0.326 e. The van der Waals surface area contributed by atoms with E-state index in [2.05, 4.69) is 10.3 Å². The van der Waals surface area contributed by atoms with Crippen molar-refractivity contribution >= 4 is 23.6 Å². The number of aryl methyl sites for hydroxylation is 1. The Morgan fingerprint density at radius 1 is 1.02 bits per heavy atom. The summed E-state index contributed by atoms with van der Waals surface area (Å²) < 4.78 is 35.7. The van der Waals surface area contributed by atoms with Crippen LogP contribution in [0.1, 0.15) is 60.6 Å². The van der Waals surface area contributed by atoms with Crippen LogP contribution in [0.15, 0.2) is 73.2 Å². The van der Waals surface area contributed by atoms with Crippen LogP contribution in [0.4, 0.5) is 8.78 Å². The first-order chi connectivity index (χ1) is 21.3. The average Bonchev–Trinajstić information content (AvgIpc) is 3.41. The molecule has 0 bridgehead atoms. The molecule has 2 unspecified atom stereocenters. The van der Waals surface area contributed by atoms with Crippen molar-refractivity contribution in [1.82, 2.24) is 19.9 Å². The van der Waals surface area contributed by atoms with Crippen LogP contribution in [0.5, 0.6) is 0 Å². The largest absolute Gasteiger partial charge is 0.480 e. The molecule has 4 rings (SSSR count). The van der Waals surface area contributed by atoms with E-state index in [4.69, 9.17) is 9.72 Å². The molecule has 2 heterocycles. The number of nitrogens with one attached hydrogen (secondary N) is 1. The van der Waals surface area contributed by atoms with Crippen molar-refractivity contribution in [3.8, 4) is 11.3 Å². The van der Waals surface area contributed by atoms with Crippen LogP contribution >= 0.6 is 11.8 Å². The predicted octanol–water partition coefficient (Wildman–Crippen LogP) is 6.61. The minimum Gasteiger partial charge on any atom is -0.480 e. The zero-order valence-electron chi connectivity index (χ0n) is 26.0. The Balaban J connectivity index is 1.62. The number of halogens is 2. The number of aromatic nitrogens is 3. The van der Waals surface area contributed by atoms with Crippen molar-refractivity contribution in [1.29, 1.82) is 0 Å². The molecule has 238 valence electrons. The SMILES string of the molecule is CSC(C[C@H](NC(=O)c1ccc(COC(Cc2cncn2C)c2ccc(F)cc2)nc1-c1ccc(F)cc1)C(=O)O)C(C)(C)C. The van der Waals surface area contributed by atoms with Crippen LogP contribution in [0.2, 0.25) is 0 Å². The molecule has 3 atom stereocenters. The summed E-state index contributed by atoms with van der Waals surface area (Å²) >= 11 is 1.56. The molecule has 45 heavy (non-hydrogen) atoms. The van der Waals surface area contributed by atoms with Crippen molar-refractivity contribution in [2.45, 2.75) is 57.6 Å². The van der Waals surface area contributed by atoms with Crippen molar-refractivity contribution in [3.63, 3.8) is 0 Å². The molecule has 0 spiro atoms. The van der Waals surface area contributed by atoms with Gasteiger partial charge in [0, 0.05) is 36.2 Å². The Morgan fingerprint density at radius 2 is 1.67 bits per heavy atom. The Labute approximate surface area is 266 Å². The third-order valence-electron chi connectivity index (χ3n) is 7.60. The smallest absolute Gasteiger partial charge is 0.326 e. The molecule has 11 heteroatoms. The zero-order valence-corrected chi connectivity index (χ0v) is 26.8. The van der Waals surface area contributed by atoms with E-state index in [1.165, 1.54) is 36.4 Å². The van der Waals surface area contributed by atoms with E-state index in [1.807, 2.05) is 38.6 Å². The summed E-state index contributed by atoms with van der Waals surface area (Å²) in [6.45, 7) is 6.14. The second-order valence-corrected chi connectivity index (χ2v) is 13.0. The normalized spacial score (nSPS) is 13.7. The van der Waals surface area contributed by atoms with Gasteiger partial charge in [-0.1, -0.05) is 32.9 Å². The minimum absolute atomic E-state index is 0.0199. The van der Waals surface area contributed by atoms with Crippen LogP contribution < -0.4 is 5.32 Å². The fourth-order valence-corrected chi connectivity index (χ4v) is 6.07. The lowest BCUT2D eigenvalue weighted by Gasteiger charge is -2.31. The number of hydrogen-bond donors (Lipinski definition) is 2. The molecule has 4 aromatic rings. The summed E-state index contributed by atoms with van der Waals surface area (Å²) in [6, 6.07) is 13.7. The zero-order chi connectivity index (χ0) is 32.7. The maximum absolute atomic E-state index is 13.8.